The third kappa shape index (κ3) is 4.44. The first-order chi connectivity index (χ1) is 14.1. The Balaban J connectivity index is 1.24. The predicted octanol–water partition coefficient (Wildman–Crippen LogP) is 3.14. The Kier molecular flexibility index (Phi) is 5.82. The Bertz CT molecular complexity index is 1010. The molecule has 1 fully saturated rings. The molecule has 0 spiro atoms. The van der Waals surface area contributed by atoms with E-state index in [-0.39, 0.29) is 11.6 Å². The average Bonchev–Trinajstić information content (AvgIpc) is 3.06. The molecule has 2 N–H and O–H groups in total. The maximum atomic E-state index is 13.1. The van der Waals surface area contributed by atoms with Crippen LogP contribution in [0, 0.1) is 5.82 Å². The van der Waals surface area contributed by atoms with E-state index in [1.54, 1.807) is 22.8 Å². The quantitative estimate of drug-likeness (QED) is 0.469. The van der Waals surface area contributed by atoms with Gasteiger partial charge in [-0.2, -0.15) is 0 Å². The summed E-state index contributed by atoms with van der Waals surface area (Å²) in [7, 11) is 0. The summed E-state index contributed by atoms with van der Waals surface area (Å²) in [4.78, 5) is 16.8. The summed E-state index contributed by atoms with van der Waals surface area (Å²) >= 11 is 0. The molecule has 0 radical (unpaired) electrons. The van der Waals surface area contributed by atoms with Gasteiger partial charge in [0.25, 0.3) is 0 Å². The van der Waals surface area contributed by atoms with Crippen LogP contribution in [0.3, 0.4) is 0 Å². The van der Waals surface area contributed by atoms with Crippen molar-refractivity contribution in [3.63, 3.8) is 0 Å². The minimum absolute atomic E-state index is 0.206. The topological polar surface area (TPSA) is 73.9 Å². The average molecular weight is 400 g/mol. The Labute approximate surface area is 167 Å². The molecule has 7 nitrogen and oxygen atoms in total. The smallest absolute Gasteiger partial charge is 0.408 e. The van der Waals surface area contributed by atoms with Crippen LogP contribution in [0.2, 0.25) is 0 Å². The van der Waals surface area contributed by atoms with E-state index in [0.717, 1.165) is 56.8 Å². The first kappa shape index (κ1) is 19.5. The molecule has 29 heavy (non-hydrogen) atoms. The van der Waals surface area contributed by atoms with Gasteiger partial charge in [0.15, 0.2) is 5.58 Å². The molecule has 0 atom stereocenters. The highest BCUT2D eigenvalue weighted by atomic mass is 19.1. The third-order valence-corrected chi connectivity index (χ3v) is 5.47. The van der Waals surface area contributed by atoms with Gasteiger partial charge in [-0.1, -0.05) is 0 Å². The molecule has 1 aliphatic heterocycles. The van der Waals surface area contributed by atoms with Crippen LogP contribution in [-0.4, -0.2) is 47.4 Å². The molecule has 0 amide bonds. The van der Waals surface area contributed by atoms with Gasteiger partial charge in [0.05, 0.1) is 11.2 Å². The minimum atomic E-state index is -0.372. The van der Waals surface area contributed by atoms with Crippen LogP contribution < -0.4 is 16.1 Å². The van der Waals surface area contributed by atoms with Crippen molar-refractivity contribution < 1.29 is 14.0 Å². The lowest BCUT2D eigenvalue weighted by molar-refractivity contribution is 0.251. The molecule has 1 aromatic heterocycles. The number of aromatic nitrogens is 1. The number of fused-ring (bicyclic) bond motifs is 1. The first-order valence-corrected chi connectivity index (χ1v) is 9.90. The van der Waals surface area contributed by atoms with Crippen molar-refractivity contribution in [3.8, 4) is 0 Å². The van der Waals surface area contributed by atoms with Crippen LogP contribution in [0.5, 0.6) is 0 Å². The number of rotatable bonds is 7. The SMILES string of the molecule is O=c1oc2cc(NO)ccc2n1CCCCN1CCN(c2ccc(F)cc2)CC1. The van der Waals surface area contributed by atoms with E-state index < -0.39 is 0 Å². The summed E-state index contributed by atoms with van der Waals surface area (Å²) < 4.78 is 20.0. The first-order valence-electron chi connectivity index (χ1n) is 9.90. The van der Waals surface area contributed by atoms with E-state index in [1.165, 1.54) is 12.1 Å². The monoisotopic (exact) mass is 400 g/mol. The van der Waals surface area contributed by atoms with Crippen molar-refractivity contribution in [2.75, 3.05) is 43.1 Å². The Hall–Kier alpha value is -2.84. The predicted molar refractivity (Wildman–Crippen MR) is 110 cm³/mol. The van der Waals surface area contributed by atoms with Crippen LogP contribution in [0.15, 0.2) is 51.7 Å². The molecule has 1 aliphatic rings. The minimum Gasteiger partial charge on any atom is -0.408 e. The highest BCUT2D eigenvalue weighted by molar-refractivity contribution is 5.77. The molecule has 1 saturated heterocycles. The molecule has 0 saturated carbocycles. The lowest BCUT2D eigenvalue weighted by Crippen LogP contribution is -2.46. The highest BCUT2D eigenvalue weighted by Gasteiger charge is 2.17. The van der Waals surface area contributed by atoms with Crippen molar-refractivity contribution in [2.45, 2.75) is 19.4 Å². The fraction of sp³-hybridized carbons (Fsp3) is 0.381. The Morgan fingerprint density at radius 3 is 2.45 bits per heavy atom. The highest BCUT2D eigenvalue weighted by Crippen LogP contribution is 2.19. The van der Waals surface area contributed by atoms with Gasteiger partial charge in [-0.25, -0.2) is 9.18 Å². The standard InChI is InChI=1S/C21H25FN4O3/c22-16-3-6-18(7-4-16)25-13-11-24(12-14-25)9-1-2-10-26-19-8-5-17(23-28)15-20(19)29-21(26)27/h3-8,15,23,28H,1-2,9-14H2. The second-order valence-corrected chi connectivity index (χ2v) is 7.33. The van der Waals surface area contributed by atoms with Crippen LogP contribution >= 0.6 is 0 Å². The van der Waals surface area contributed by atoms with Gasteiger partial charge in [-0.05, 0) is 55.8 Å². The van der Waals surface area contributed by atoms with E-state index in [1.807, 2.05) is 12.1 Å². The number of oxazole rings is 1. The molecule has 154 valence electrons. The summed E-state index contributed by atoms with van der Waals surface area (Å²) in [6.45, 7) is 5.40. The molecular weight excluding hydrogens is 375 g/mol. The molecule has 3 aromatic rings. The van der Waals surface area contributed by atoms with E-state index in [9.17, 15) is 9.18 Å². The Morgan fingerprint density at radius 2 is 1.72 bits per heavy atom. The molecule has 8 heteroatoms. The fourth-order valence-electron chi connectivity index (χ4n) is 3.83. The molecule has 2 heterocycles. The van der Waals surface area contributed by atoms with Crippen molar-refractivity contribution in [1.82, 2.24) is 9.47 Å². The maximum Gasteiger partial charge on any atom is 0.419 e. The van der Waals surface area contributed by atoms with Crippen molar-refractivity contribution in [2.24, 2.45) is 0 Å². The zero-order valence-electron chi connectivity index (χ0n) is 16.2. The number of anilines is 2. The van der Waals surface area contributed by atoms with Crippen LogP contribution in [0.4, 0.5) is 15.8 Å². The van der Waals surface area contributed by atoms with E-state index in [4.69, 9.17) is 9.62 Å². The van der Waals surface area contributed by atoms with Gasteiger partial charge in [-0.15, -0.1) is 0 Å². The molecule has 2 aromatic carbocycles. The van der Waals surface area contributed by atoms with Gasteiger partial charge in [0.2, 0.25) is 0 Å². The van der Waals surface area contributed by atoms with Crippen molar-refractivity contribution >= 4 is 22.5 Å². The Morgan fingerprint density at radius 1 is 1.00 bits per heavy atom. The van der Waals surface area contributed by atoms with Crippen molar-refractivity contribution in [1.29, 1.82) is 0 Å². The summed E-state index contributed by atoms with van der Waals surface area (Å²) in [5.41, 5.74) is 4.81. The lowest BCUT2D eigenvalue weighted by Gasteiger charge is -2.36. The zero-order valence-corrected chi connectivity index (χ0v) is 16.2. The van der Waals surface area contributed by atoms with E-state index in [0.29, 0.717) is 17.8 Å². The number of nitrogens with one attached hydrogen (secondary N) is 1. The molecule has 0 bridgehead atoms. The number of aryl methyl sites for hydroxylation is 1. The van der Waals surface area contributed by atoms with Crippen LogP contribution in [-0.2, 0) is 6.54 Å². The summed E-state index contributed by atoms with van der Waals surface area (Å²) in [5, 5.41) is 8.96. The number of unbranched alkanes of at least 4 members (excludes halogenated alkanes) is 1. The van der Waals surface area contributed by atoms with E-state index >= 15 is 0 Å². The lowest BCUT2D eigenvalue weighted by atomic mass is 10.2. The molecule has 4 rings (SSSR count). The van der Waals surface area contributed by atoms with Crippen molar-refractivity contribution in [3.05, 3.63) is 58.8 Å². The van der Waals surface area contributed by atoms with Gasteiger partial charge in [-0.3, -0.25) is 20.2 Å². The van der Waals surface area contributed by atoms with Gasteiger partial charge >= 0.3 is 5.76 Å². The van der Waals surface area contributed by atoms with Gasteiger partial charge < -0.3 is 9.32 Å². The number of hydrogen-bond acceptors (Lipinski definition) is 6. The normalized spacial score (nSPS) is 15.2. The van der Waals surface area contributed by atoms with Crippen LogP contribution in [0.1, 0.15) is 12.8 Å². The summed E-state index contributed by atoms with van der Waals surface area (Å²) in [6.07, 6.45) is 1.87. The van der Waals surface area contributed by atoms with Crippen LogP contribution in [0.25, 0.3) is 11.1 Å². The zero-order chi connectivity index (χ0) is 20.2. The van der Waals surface area contributed by atoms with Gasteiger partial charge in [0, 0.05) is 44.5 Å². The number of nitrogens with zero attached hydrogens (tertiary/aromatic N) is 3. The molecule has 0 aliphatic carbocycles. The summed E-state index contributed by atoms with van der Waals surface area (Å²) in [5.74, 6) is -0.578. The van der Waals surface area contributed by atoms with E-state index in [2.05, 4.69) is 15.3 Å². The number of halogens is 1. The second-order valence-electron chi connectivity index (χ2n) is 7.33. The number of piperazine rings is 1. The third-order valence-electron chi connectivity index (χ3n) is 5.47. The largest absolute Gasteiger partial charge is 0.419 e. The number of benzene rings is 2. The van der Waals surface area contributed by atoms with Gasteiger partial charge in [0.1, 0.15) is 5.82 Å². The number of hydrogen-bond donors (Lipinski definition) is 2. The molecular formula is C21H25FN4O3. The summed E-state index contributed by atoms with van der Waals surface area (Å²) in [6, 6.07) is 11.7. The fourth-order valence-corrected chi connectivity index (χ4v) is 3.83. The second kappa shape index (κ2) is 8.67. The maximum absolute atomic E-state index is 13.1. The molecule has 0 unspecified atom stereocenters.